The number of hydrogen-bond donors (Lipinski definition) is 2. The number of ether oxygens (including phenoxy) is 2. The second kappa shape index (κ2) is 7.31. The van der Waals surface area contributed by atoms with Crippen LogP contribution in [0.25, 0.3) is 0 Å². The number of hydrogen-bond acceptors (Lipinski definition) is 3. The SMILES string of the molecule is CCOc1ccc(C[NH+]2CCC(C(N)=O)CC2)cc1OC. The Morgan fingerprint density at radius 2 is 2.05 bits per heavy atom. The number of benzene rings is 1. The van der Waals surface area contributed by atoms with Crippen LogP contribution in [0.2, 0.25) is 0 Å². The summed E-state index contributed by atoms with van der Waals surface area (Å²) in [6.07, 6.45) is 1.78. The van der Waals surface area contributed by atoms with E-state index in [1.54, 1.807) is 7.11 Å². The maximum Gasteiger partial charge on any atom is 0.220 e. The summed E-state index contributed by atoms with van der Waals surface area (Å²) in [6.45, 7) is 5.50. The molecule has 0 bridgehead atoms. The predicted molar refractivity (Wildman–Crippen MR) is 80.5 cm³/mol. The van der Waals surface area contributed by atoms with Gasteiger partial charge >= 0.3 is 0 Å². The molecule has 1 aliphatic rings. The van der Waals surface area contributed by atoms with Crippen molar-refractivity contribution < 1.29 is 19.2 Å². The van der Waals surface area contributed by atoms with Crippen molar-refractivity contribution in [2.24, 2.45) is 11.7 Å². The van der Waals surface area contributed by atoms with E-state index >= 15 is 0 Å². The first kappa shape index (κ1) is 15.6. The Morgan fingerprint density at radius 3 is 2.62 bits per heavy atom. The Balaban J connectivity index is 1.96. The average Bonchev–Trinajstić information content (AvgIpc) is 2.49. The third-order valence-corrected chi connectivity index (χ3v) is 4.08. The van der Waals surface area contributed by atoms with E-state index in [1.165, 1.54) is 10.5 Å². The zero-order valence-electron chi connectivity index (χ0n) is 12.9. The summed E-state index contributed by atoms with van der Waals surface area (Å²) in [7, 11) is 1.66. The molecule has 5 heteroatoms. The smallest absolute Gasteiger partial charge is 0.220 e. The molecule has 3 N–H and O–H groups in total. The number of nitrogens with two attached hydrogens (primary N) is 1. The van der Waals surface area contributed by atoms with Crippen molar-refractivity contribution in [3.05, 3.63) is 23.8 Å². The van der Waals surface area contributed by atoms with Gasteiger partial charge in [-0.05, 0) is 25.1 Å². The highest BCUT2D eigenvalue weighted by Gasteiger charge is 2.25. The van der Waals surface area contributed by atoms with Crippen molar-refractivity contribution >= 4 is 5.91 Å². The minimum absolute atomic E-state index is 0.0589. The molecule has 1 saturated heterocycles. The predicted octanol–water partition coefficient (Wildman–Crippen LogP) is 0.374. The number of carbonyl (C=O) groups excluding carboxylic acids is 1. The zero-order chi connectivity index (χ0) is 15.2. The number of likely N-dealkylation sites (tertiary alicyclic amines) is 1. The second-order valence-electron chi connectivity index (χ2n) is 5.52. The van der Waals surface area contributed by atoms with Gasteiger partial charge in [0.1, 0.15) is 6.54 Å². The molecule has 1 aliphatic heterocycles. The van der Waals surface area contributed by atoms with Crippen LogP contribution in [0.1, 0.15) is 25.3 Å². The molecule has 0 aromatic heterocycles. The molecule has 0 aliphatic carbocycles. The van der Waals surface area contributed by atoms with Crippen molar-refractivity contribution in [2.45, 2.75) is 26.3 Å². The number of piperidine rings is 1. The molecule has 1 aromatic rings. The van der Waals surface area contributed by atoms with Crippen LogP contribution in [-0.2, 0) is 11.3 Å². The van der Waals surface area contributed by atoms with Crippen LogP contribution >= 0.6 is 0 Å². The number of primary amides is 1. The van der Waals surface area contributed by atoms with E-state index in [0.29, 0.717) is 6.61 Å². The first-order valence-electron chi connectivity index (χ1n) is 7.56. The monoisotopic (exact) mass is 293 g/mol. The lowest BCUT2D eigenvalue weighted by atomic mass is 9.96. The Labute approximate surface area is 126 Å². The standard InChI is InChI=1S/C16H24N2O3/c1-3-21-14-5-4-12(10-15(14)20-2)11-18-8-6-13(7-9-18)16(17)19/h4-5,10,13H,3,6-9,11H2,1-2H3,(H2,17,19)/p+1. The van der Waals surface area contributed by atoms with Gasteiger partial charge in [0.2, 0.25) is 5.91 Å². The largest absolute Gasteiger partial charge is 0.493 e. The molecule has 2 rings (SSSR count). The van der Waals surface area contributed by atoms with Gasteiger partial charge in [-0.15, -0.1) is 0 Å². The molecule has 5 nitrogen and oxygen atoms in total. The fraction of sp³-hybridized carbons (Fsp3) is 0.562. The third-order valence-electron chi connectivity index (χ3n) is 4.08. The summed E-state index contributed by atoms with van der Waals surface area (Å²) >= 11 is 0. The molecule has 0 radical (unpaired) electrons. The van der Waals surface area contributed by atoms with E-state index in [9.17, 15) is 4.79 Å². The highest BCUT2D eigenvalue weighted by molar-refractivity contribution is 5.76. The topological polar surface area (TPSA) is 66.0 Å². The van der Waals surface area contributed by atoms with Gasteiger partial charge in [-0.2, -0.15) is 0 Å². The number of amides is 1. The molecule has 1 amide bonds. The highest BCUT2D eigenvalue weighted by atomic mass is 16.5. The first-order chi connectivity index (χ1) is 10.1. The Kier molecular flexibility index (Phi) is 5.44. The molecule has 1 aromatic carbocycles. The Morgan fingerprint density at radius 1 is 1.33 bits per heavy atom. The molecule has 1 fully saturated rings. The highest BCUT2D eigenvalue weighted by Crippen LogP contribution is 2.27. The fourth-order valence-electron chi connectivity index (χ4n) is 2.87. The Bertz CT molecular complexity index is 482. The minimum atomic E-state index is -0.156. The van der Waals surface area contributed by atoms with Gasteiger partial charge in [-0.1, -0.05) is 0 Å². The van der Waals surface area contributed by atoms with Crippen LogP contribution in [0.4, 0.5) is 0 Å². The van der Waals surface area contributed by atoms with Crippen molar-refractivity contribution in [2.75, 3.05) is 26.8 Å². The van der Waals surface area contributed by atoms with Crippen molar-refractivity contribution in [3.8, 4) is 11.5 Å². The molecular weight excluding hydrogens is 268 g/mol. The molecule has 116 valence electrons. The molecule has 0 saturated carbocycles. The van der Waals surface area contributed by atoms with E-state index in [0.717, 1.165) is 44.0 Å². The lowest BCUT2D eigenvalue weighted by Gasteiger charge is -2.27. The summed E-state index contributed by atoms with van der Waals surface area (Å²) in [5, 5.41) is 0. The van der Waals surface area contributed by atoms with E-state index < -0.39 is 0 Å². The maximum absolute atomic E-state index is 11.2. The lowest BCUT2D eigenvalue weighted by Crippen LogP contribution is -3.11. The first-order valence-corrected chi connectivity index (χ1v) is 7.56. The average molecular weight is 293 g/mol. The number of rotatable bonds is 6. The molecular formula is C16H25N2O3+. The summed E-state index contributed by atoms with van der Waals surface area (Å²) in [5.74, 6) is 1.47. The van der Waals surface area contributed by atoms with Gasteiger partial charge in [0, 0.05) is 24.3 Å². The van der Waals surface area contributed by atoms with Gasteiger partial charge in [-0.25, -0.2) is 0 Å². The minimum Gasteiger partial charge on any atom is -0.493 e. The molecule has 0 atom stereocenters. The molecule has 0 unspecified atom stereocenters. The molecule has 1 heterocycles. The number of carbonyl (C=O) groups is 1. The molecule has 21 heavy (non-hydrogen) atoms. The Hall–Kier alpha value is -1.75. The zero-order valence-corrected chi connectivity index (χ0v) is 12.9. The third kappa shape index (κ3) is 4.11. The van der Waals surface area contributed by atoms with Crippen LogP contribution in [0.3, 0.4) is 0 Å². The summed E-state index contributed by atoms with van der Waals surface area (Å²) < 4.78 is 10.9. The normalized spacial score (nSPS) is 21.8. The van der Waals surface area contributed by atoms with Crippen molar-refractivity contribution in [1.82, 2.24) is 0 Å². The van der Waals surface area contributed by atoms with Gasteiger partial charge in [0.05, 0.1) is 26.8 Å². The van der Waals surface area contributed by atoms with E-state index in [1.807, 2.05) is 19.1 Å². The van der Waals surface area contributed by atoms with Gasteiger partial charge in [0.15, 0.2) is 11.5 Å². The van der Waals surface area contributed by atoms with Gasteiger partial charge < -0.3 is 20.1 Å². The lowest BCUT2D eigenvalue weighted by molar-refractivity contribution is -0.919. The van der Waals surface area contributed by atoms with Crippen molar-refractivity contribution in [1.29, 1.82) is 0 Å². The maximum atomic E-state index is 11.2. The molecule has 0 spiro atoms. The summed E-state index contributed by atoms with van der Waals surface area (Å²) in [5.41, 5.74) is 6.59. The van der Waals surface area contributed by atoms with E-state index in [4.69, 9.17) is 15.2 Å². The summed E-state index contributed by atoms with van der Waals surface area (Å²) in [6, 6.07) is 6.09. The van der Waals surface area contributed by atoms with Crippen LogP contribution in [-0.4, -0.2) is 32.7 Å². The number of methoxy groups -OCH3 is 1. The quantitative estimate of drug-likeness (QED) is 0.796. The van der Waals surface area contributed by atoms with Crippen molar-refractivity contribution in [3.63, 3.8) is 0 Å². The van der Waals surface area contributed by atoms with Gasteiger partial charge in [-0.3, -0.25) is 4.79 Å². The fourth-order valence-corrected chi connectivity index (χ4v) is 2.87. The number of nitrogens with one attached hydrogen (secondary N) is 1. The summed E-state index contributed by atoms with van der Waals surface area (Å²) in [4.78, 5) is 12.7. The number of quaternary nitrogens is 1. The van der Waals surface area contributed by atoms with E-state index in [-0.39, 0.29) is 11.8 Å². The van der Waals surface area contributed by atoms with Crippen LogP contribution < -0.4 is 20.1 Å². The second-order valence-corrected chi connectivity index (χ2v) is 5.52. The van der Waals surface area contributed by atoms with Crippen LogP contribution in [0.15, 0.2) is 18.2 Å². The van der Waals surface area contributed by atoms with E-state index in [2.05, 4.69) is 6.07 Å². The van der Waals surface area contributed by atoms with Crippen LogP contribution in [0, 0.1) is 5.92 Å². The van der Waals surface area contributed by atoms with Gasteiger partial charge in [0.25, 0.3) is 0 Å². The van der Waals surface area contributed by atoms with Crippen LogP contribution in [0.5, 0.6) is 11.5 Å².